The quantitative estimate of drug-likeness (QED) is 0.231. The van der Waals surface area contributed by atoms with E-state index in [9.17, 15) is 9.59 Å². The van der Waals surface area contributed by atoms with Crippen molar-refractivity contribution in [3.05, 3.63) is 117 Å². The molecular formula is C39H50N8O2. The van der Waals surface area contributed by atoms with Gasteiger partial charge in [-0.15, -0.1) is 0 Å². The van der Waals surface area contributed by atoms with Gasteiger partial charge in [-0.1, -0.05) is 31.2 Å². The molecule has 10 heteroatoms. The molecule has 1 aromatic carbocycles. The third-order valence-corrected chi connectivity index (χ3v) is 10.1. The molecule has 0 aliphatic carbocycles. The fourth-order valence-corrected chi connectivity index (χ4v) is 6.90. The Hall–Kier alpha value is -4.22. The maximum atomic E-state index is 12.3. The Morgan fingerprint density at radius 1 is 0.653 bits per heavy atom. The van der Waals surface area contributed by atoms with E-state index in [-0.39, 0.29) is 11.1 Å². The van der Waals surface area contributed by atoms with Crippen LogP contribution in [0, 0.1) is 0 Å². The van der Waals surface area contributed by atoms with Gasteiger partial charge in [-0.05, 0) is 93.7 Å². The minimum absolute atomic E-state index is 0.0409. The van der Waals surface area contributed by atoms with Gasteiger partial charge in [-0.3, -0.25) is 19.6 Å². The summed E-state index contributed by atoms with van der Waals surface area (Å²) in [5.74, 6) is 0. The van der Waals surface area contributed by atoms with Crippen LogP contribution in [0.5, 0.6) is 0 Å². The number of fused-ring (bicyclic) bond motifs is 2. The zero-order chi connectivity index (χ0) is 34.0. The number of aromatic nitrogens is 4. The highest BCUT2D eigenvalue weighted by Gasteiger charge is 2.19. The second-order valence-corrected chi connectivity index (χ2v) is 13.4. The lowest BCUT2D eigenvalue weighted by Gasteiger charge is -2.32. The Morgan fingerprint density at radius 2 is 1.14 bits per heavy atom. The molecule has 5 aromatic rings. The molecule has 49 heavy (non-hydrogen) atoms. The lowest BCUT2D eigenvalue weighted by molar-refractivity contribution is 0.191. The van der Waals surface area contributed by atoms with Gasteiger partial charge in [0, 0.05) is 80.1 Å². The van der Waals surface area contributed by atoms with Gasteiger partial charge in [0.2, 0.25) is 0 Å². The number of aryl methyl sites for hydroxylation is 1. The number of nitrogens with one attached hydrogen (secondary N) is 1. The first-order chi connectivity index (χ1) is 24.0. The molecule has 2 aliphatic heterocycles. The highest BCUT2D eigenvalue weighted by molar-refractivity contribution is 5.78. The number of piperidine rings is 2. The zero-order valence-electron chi connectivity index (χ0n) is 28.7. The third-order valence-electron chi connectivity index (χ3n) is 10.1. The summed E-state index contributed by atoms with van der Waals surface area (Å²) in [5.41, 5.74) is 10.6. The highest BCUT2D eigenvalue weighted by atomic mass is 16.1. The van der Waals surface area contributed by atoms with Crippen LogP contribution in [-0.4, -0.2) is 80.3 Å². The number of benzene rings is 1. The SMILES string of the molecule is CCc1ccc(CNC2CCN(CCn3c(=O)ccc4ccncc43)CC2)cc1.NC1CCN(CCn2c(=O)ccc3ccncc32)CC1. The van der Waals surface area contributed by atoms with Gasteiger partial charge in [-0.25, -0.2) is 0 Å². The van der Waals surface area contributed by atoms with Gasteiger partial charge in [0.1, 0.15) is 0 Å². The molecule has 4 aromatic heterocycles. The van der Waals surface area contributed by atoms with Gasteiger partial charge in [0.25, 0.3) is 11.1 Å². The zero-order valence-corrected chi connectivity index (χ0v) is 28.7. The molecule has 0 unspecified atom stereocenters. The van der Waals surface area contributed by atoms with Gasteiger partial charge < -0.3 is 30.0 Å². The molecule has 6 heterocycles. The molecule has 2 aliphatic rings. The van der Waals surface area contributed by atoms with Crippen molar-refractivity contribution in [2.75, 3.05) is 39.3 Å². The number of nitrogens with two attached hydrogens (primary N) is 1. The van der Waals surface area contributed by atoms with Crippen molar-refractivity contribution < 1.29 is 0 Å². The van der Waals surface area contributed by atoms with Crippen LogP contribution >= 0.6 is 0 Å². The Balaban J connectivity index is 0.000000182. The van der Waals surface area contributed by atoms with E-state index < -0.39 is 0 Å². The minimum atomic E-state index is 0.0409. The van der Waals surface area contributed by atoms with Crippen molar-refractivity contribution >= 4 is 21.8 Å². The van der Waals surface area contributed by atoms with Gasteiger partial charge >= 0.3 is 0 Å². The van der Waals surface area contributed by atoms with E-state index in [0.717, 1.165) is 99.7 Å². The molecule has 7 rings (SSSR count). The van der Waals surface area contributed by atoms with Gasteiger partial charge in [-0.2, -0.15) is 0 Å². The van der Waals surface area contributed by atoms with E-state index in [1.807, 2.05) is 33.4 Å². The van der Waals surface area contributed by atoms with Crippen LogP contribution in [-0.2, 0) is 26.1 Å². The fraction of sp³-hybridized carbons (Fsp3) is 0.436. The third kappa shape index (κ3) is 9.27. The molecule has 0 saturated carbocycles. The molecule has 2 fully saturated rings. The smallest absolute Gasteiger partial charge is 0.251 e. The van der Waals surface area contributed by atoms with E-state index in [4.69, 9.17) is 5.73 Å². The Kier molecular flexibility index (Phi) is 12.0. The Labute approximate surface area is 288 Å². The standard InChI is InChI=1S/C24H30N4O.C15H20N4O/c1-2-19-3-5-20(6-4-19)17-26-22-10-13-27(14-11-22)15-16-28-23-18-25-12-9-21(23)7-8-24(28)29;16-13-4-7-18(8-5-13)9-10-19-14-11-17-6-3-12(14)1-2-15(19)20/h3-9,12,18,22,26H,2,10-11,13-17H2,1H3;1-3,6,11,13H,4-5,7-10,16H2. The summed E-state index contributed by atoms with van der Waals surface area (Å²) in [7, 11) is 0. The van der Waals surface area contributed by atoms with Crippen molar-refractivity contribution in [3.8, 4) is 0 Å². The van der Waals surface area contributed by atoms with Crippen molar-refractivity contribution in [2.45, 2.75) is 70.7 Å². The van der Waals surface area contributed by atoms with Crippen LogP contribution in [0.1, 0.15) is 43.7 Å². The number of hydrogen-bond donors (Lipinski definition) is 2. The molecule has 0 spiro atoms. The number of nitrogens with zero attached hydrogens (tertiary/aromatic N) is 6. The number of likely N-dealkylation sites (tertiary alicyclic amines) is 2. The molecule has 10 nitrogen and oxygen atoms in total. The highest BCUT2D eigenvalue weighted by Crippen LogP contribution is 2.15. The predicted molar refractivity (Wildman–Crippen MR) is 198 cm³/mol. The van der Waals surface area contributed by atoms with E-state index in [1.54, 1.807) is 36.9 Å². The van der Waals surface area contributed by atoms with Crippen molar-refractivity contribution in [3.63, 3.8) is 0 Å². The van der Waals surface area contributed by atoms with Crippen LogP contribution in [0.15, 0.2) is 95.0 Å². The Bertz CT molecular complexity index is 1910. The summed E-state index contributed by atoms with van der Waals surface area (Å²) in [6.45, 7) is 10.5. The summed E-state index contributed by atoms with van der Waals surface area (Å²) < 4.78 is 3.67. The van der Waals surface area contributed by atoms with E-state index >= 15 is 0 Å². The van der Waals surface area contributed by atoms with Crippen LogP contribution in [0.3, 0.4) is 0 Å². The largest absolute Gasteiger partial charge is 0.328 e. The van der Waals surface area contributed by atoms with Crippen molar-refractivity contribution in [1.82, 2.24) is 34.2 Å². The second kappa shape index (κ2) is 16.9. The first kappa shape index (κ1) is 34.6. The predicted octanol–water partition coefficient (Wildman–Crippen LogP) is 4.03. The number of pyridine rings is 4. The van der Waals surface area contributed by atoms with Gasteiger partial charge in [0.05, 0.1) is 23.4 Å². The lowest BCUT2D eigenvalue weighted by Crippen LogP contribution is -2.43. The monoisotopic (exact) mass is 662 g/mol. The maximum absolute atomic E-state index is 12.3. The topological polar surface area (TPSA) is 114 Å². The molecule has 0 bridgehead atoms. The Morgan fingerprint density at radius 3 is 1.65 bits per heavy atom. The van der Waals surface area contributed by atoms with E-state index in [1.165, 1.54) is 11.1 Å². The lowest BCUT2D eigenvalue weighted by atomic mass is 10.0. The summed E-state index contributed by atoms with van der Waals surface area (Å²) in [6, 6.07) is 20.8. The average Bonchev–Trinajstić information content (AvgIpc) is 3.15. The van der Waals surface area contributed by atoms with Crippen molar-refractivity contribution in [1.29, 1.82) is 0 Å². The summed E-state index contributed by atoms with van der Waals surface area (Å²) in [6.07, 6.45) is 12.6. The molecule has 0 amide bonds. The van der Waals surface area contributed by atoms with Crippen LogP contribution in [0.25, 0.3) is 21.8 Å². The summed E-state index contributed by atoms with van der Waals surface area (Å²) in [4.78, 5) is 37.5. The maximum Gasteiger partial charge on any atom is 0.251 e. The molecule has 0 atom stereocenters. The molecule has 0 radical (unpaired) electrons. The summed E-state index contributed by atoms with van der Waals surface area (Å²) >= 11 is 0. The van der Waals surface area contributed by atoms with E-state index in [0.29, 0.717) is 25.2 Å². The summed E-state index contributed by atoms with van der Waals surface area (Å²) in [5, 5.41) is 5.83. The molecule has 258 valence electrons. The first-order valence-electron chi connectivity index (χ1n) is 17.9. The average molecular weight is 663 g/mol. The van der Waals surface area contributed by atoms with Crippen molar-refractivity contribution in [2.24, 2.45) is 5.73 Å². The first-order valence-corrected chi connectivity index (χ1v) is 17.9. The minimum Gasteiger partial charge on any atom is -0.328 e. The molecule has 3 N–H and O–H groups in total. The van der Waals surface area contributed by atoms with Crippen LogP contribution < -0.4 is 22.2 Å². The number of rotatable bonds is 10. The fourth-order valence-electron chi connectivity index (χ4n) is 6.90. The normalized spacial score (nSPS) is 16.5. The van der Waals surface area contributed by atoms with Crippen LogP contribution in [0.4, 0.5) is 0 Å². The molecule has 2 saturated heterocycles. The second-order valence-electron chi connectivity index (χ2n) is 13.4. The van der Waals surface area contributed by atoms with E-state index in [2.05, 4.69) is 56.3 Å². The molecular weight excluding hydrogens is 612 g/mol. The number of hydrogen-bond acceptors (Lipinski definition) is 8. The van der Waals surface area contributed by atoms with Crippen LogP contribution in [0.2, 0.25) is 0 Å². The van der Waals surface area contributed by atoms with Gasteiger partial charge in [0.15, 0.2) is 0 Å².